The molecule has 0 saturated heterocycles. The summed E-state index contributed by atoms with van der Waals surface area (Å²) in [6.45, 7) is 3.52. The highest BCUT2D eigenvalue weighted by molar-refractivity contribution is 7.19. The van der Waals surface area contributed by atoms with Gasteiger partial charge in [0.15, 0.2) is 0 Å². The summed E-state index contributed by atoms with van der Waals surface area (Å²) >= 11 is 1.97. The van der Waals surface area contributed by atoms with E-state index in [1.54, 1.807) is 5.56 Å². The predicted molar refractivity (Wildman–Crippen MR) is 96.8 cm³/mol. The maximum absolute atomic E-state index is 2.51. The van der Waals surface area contributed by atoms with Crippen LogP contribution >= 0.6 is 11.3 Å². The molecule has 1 aromatic carbocycles. The molecule has 1 heterocycles. The van der Waals surface area contributed by atoms with E-state index in [2.05, 4.69) is 50.2 Å². The molecule has 0 N–H and O–H groups in total. The first-order valence-electron chi connectivity index (χ1n) is 8.82. The van der Waals surface area contributed by atoms with Crippen LogP contribution in [0, 0.1) is 17.8 Å². The number of fused-ring (bicyclic) bond motifs is 3. The molecule has 118 valence electrons. The molecule has 2 bridgehead atoms. The molecule has 2 aliphatic rings. The number of aryl methyl sites for hydroxylation is 1. The number of nitrogens with zero attached hydrogens (tertiary/aromatic N) is 1. The molecule has 4 atom stereocenters. The molecule has 2 fully saturated rings. The molecular formula is C20H27NS. The Kier molecular flexibility index (Phi) is 3.78. The molecule has 1 nitrogen and oxygen atoms in total. The van der Waals surface area contributed by atoms with Gasteiger partial charge in [-0.25, -0.2) is 0 Å². The Balaban J connectivity index is 1.69. The second-order valence-electron chi connectivity index (χ2n) is 7.65. The summed E-state index contributed by atoms with van der Waals surface area (Å²) in [5, 5.41) is 1.48. The average molecular weight is 314 g/mol. The van der Waals surface area contributed by atoms with Crippen LogP contribution in [0.4, 0.5) is 0 Å². The van der Waals surface area contributed by atoms with Crippen molar-refractivity contribution in [3.05, 3.63) is 34.7 Å². The Bertz CT molecular complexity index is 671. The number of hydrogen-bond donors (Lipinski definition) is 0. The fraction of sp³-hybridized carbons (Fsp3) is 0.600. The van der Waals surface area contributed by atoms with Gasteiger partial charge in [0, 0.05) is 16.1 Å². The van der Waals surface area contributed by atoms with Crippen LogP contribution in [0.25, 0.3) is 10.1 Å². The molecule has 0 unspecified atom stereocenters. The summed E-state index contributed by atoms with van der Waals surface area (Å²) in [7, 11) is 4.47. The lowest BCUT2D eigenvalue weighted by Crippen LogP contribution is -2.30. The molecule has 0 spiro atoms. The first-order valence-corrected chi connectivity index (χ1v) is 9.64. The lowest BCUT2D eigenvalue weighted by molar-refractivity contribution is 0.219. The van der Waals surface area contributed by atoms with Gasteiger partial charge in [0.05, 0.1) is 0 Å². The number of rotatable bonds is 4. The smallest absolute Gasteiger partial charge is 0.0345 e. The normalized spacial score (nSPS) is 30.7. The third-order valence-corrected chi connectivity index (χ3v) is 7.25. The van der Waals surface area contributed by atoms with E-state index in [-0.39, 0.29) is 0 Å². The zero-order chi connectivity index (χ0) is 15.3. The highest BCUT2D eigenvalue weighted by atomic mass is 32.1. The molecule has 0 radical (unpaired) electrons. The summed E-state index contributed by atoms with van der Waals surface area (Å²) in [5.41, 5.74) is 1.62. The summed E-state index contributed by atoms with van der Waals surface area (Å²) in [5.74, 6) is 3.59. The Morgan fingerprint density at radius 3 is 2.73 bits per heavy atom. The molecule has 1 aromatic heterocycles. The predicted octanol–water partition coefficient (Wildman–Crippen LogP) is 5.16. The Labute approximate surface area is 138 Å². The van der Waals surface area contributed by atoms with Crippen molar-refractivity contribution >= 4 is 21.4 Å². The molecule has 2 aliphatic carbocycles. The zero-order valence-corrected chi connectivity index (χ0v) is 14.8. The van der Waals surface area contributed by atoms with Crippen LogP contribution in [-0.2, 0) is 6.42 Å². The topological polar surface area (TPSA) is 3.24 Å². The molecule has 2 heteroatoms. The van der Waals surface area contributed by atoms with Crippen LogP contribution < -0.4 is 0 Å². The largest absolute Gasteiger partial charge is 0.309 e. The van der Waals surface area contributed by atoms with Crippen molar-refractivity contribution in [2.24, 2.45) is 17.8 Å². The van der Waals surface area contributed by atoms with Gasteiger partial charge in [-0.05, 0) is 86.5 Å². The highest BCUT2D eigenvalue weighted by Crippen LogP contribution is 2.57. The second-order valence-corrected chi connectivity index (χ2v) is 8.82. The molecule has 2 aromatic rings. The minimum absolute atomic E-state index is 0.801. The van der Waals surface area contributed by atoms with Crippen molar-refractivity contribution in [2.45, 2.75) is 38.5 Å². The third kappa shape index (κ3) is 2.41. The Hall–Kier alpha value is -0.860. The first kappa shape index (κ1) is 14.7. The van der Waals surface area contributed by atoms with E-state index in [1.807, 2.05) is 11.3 Å². The minimum atomic E-state index is 0.801. The molecule has 4 rings (SSSR count). The average Bonchev–Trinajstić information content (AvgIpc) is 3.19. The van der Waals surface area contributed by atoms with Gasteiger partial charge in [0.25, 0.3) is 0 Å². The quantitative estimate of drug-likeness (QED) is 0.754. The van der Waals surface area contributed by atoms with Crippen LogP contribution in [0.1, 0.15) is 42.5 Å². The Morgan fingerprint density at radius 2 is 1.95 bits per heavy atom. The molecule has 2 saturated carbocycles. The molecule has 0 amide bonds. The van der Waals surface area contributed by atoms with E-state index < -0.39 is 0 Å². The second kappa shape index (κ2) is 5.65. The van der Waals surface area contributed by atoms with Crippen molar-refractivity contribution in [3.8, 4) is 0 Å². The van der Waals surface area contributed by atoms with Gasteiger partial charge in [-0.2, -0.15) is 0 Å². The number of benzene rings is 1. The van der Waals surface area contributed by atoms with Gasteiger partial charge in [0.2, 0.25) is 0 Å². The van der Waals surface area contributed by atoms with Gasteiger partial charge in [-0.1, -0.05) is 19.1 Å². The van der Waals surface area contributed by atoms with E-state index in [0.29, 0.717) is 0 Å². The lowest BCUT2D eigenvalue weighted by Gasteiger charge is -2.33. The van der Waals surface area contributed by atoms with E-state index >= 15 is 0 Å². The van der Waals surface area contributed by atoms with Crippen molar-refractivity contribution in [1.82, 2.24) is 4.90 Å². The maximum atomic E-state index is 2.51. The van der Waals surface area contributed by atoms with Gasteiger partial charge >= 0.3 is 0 Å². The highest BCUT2D eigenvalue weighted by Gasteiger charge is 2.47. The van der Waals surface area contributed by atoms with Crippen LogP contribution in [0.3, 0.4) is 0 Å². The van der Waals surface area contributed by atoms with Crippen molar-refractivity contribution < 1.29 is 0 Å². The first-order chi connectivity index (χ1) is 10.7. The van der Waals surface area contributed by atoms with Crippen molar-refractivity contribution in [3.63, 3.8) is 0 Å². The number of thiophene rings is 1. The Morgan fingerprint density at radius 1 is 1.14 bits per heavy atom. The van der Waals surface area contributed by atoms with Gasteiger partial charge in [-0.3, -0.25) is 0 Å². The third-order valence-electron chi connectivity index (χ3n) is 5.99. The van der Waals surface area contributed by atoms with Crippen LogP contribution in [0.5, 0.6) is 0 Å². The van der Waals surface area contributed by atoms with Gasteiger partial charge < -0.3 is 4.90 Å². The SMILES string of the molecule is CCc1cc2cc([C@@H]3[C@@H]4CC[C@@H](C4)[C@@H]3CN(C)C)ccc2s1. The van der Waals surface area contributed by atoms with E-state index in [1.165, 1.54) is 40.8 Å². The summed E-state index contributed by atoms with van der Waals surface area (Å²) < 4.78 is 1.47. The van der Waals surface area contributed by atoms with E-state index in [9.17, 15) is 0 Å². The lowest BCUT2D eigenvalue weighted by atomic mass is 9.75. The summed E-state index contributed by atoms with van der Waals surface area (Å²) in [6, 6.07) is 9.75. The van der Waals surface area contributed by atoms with E-state index in [4.69, 9.17) is 0 Å². The fourth-order valence-electron chi connectivity index (χ4n) is 5.11. The van der Waals surface area contributed by atoms with Gasteiger partial charge in [0.1, 0.15) is 0 Å². The maximum Gasteiger partial charge on any atom is 0.0345 e. The van der Waals surface area contributed by atoms with E-state index in [0.717, 1.165) is 30.1 Å². The molecule has 22 heavy (non-hydrogen) atoms. The van der Waals surface area contributed by atoms with Crippen molar-refractivity contribution in [2.75, 3.05) is 20.6 Å². The summed E-state index contributed by atoms with van der Waals surface area (Å²) in [4.78, 5) is 3.92. The standard InChI is InChI=1S/C20H27NS/c1-4-17-11-16-10-15(7-8-19(16)22-17)20-14-6-5-13(9-14)18(20)12-21(2)3/h7-8,10-11,13-14,18,20H,4-6,9,12H2,1-3H3/t13-,14+,18-,20-/m0/s1. The van der Waals surface area contributed by atoms with Crippen LogP contribution in [0.2, 0.25) is 0 Å². The molecular weight excluding hydrogens is 286 g/mol. The number of hydrogen-bond acceptors (Lipinski definition) is 2. The van der Waals surface area contributed by atoms with Gasteiger partial charge in [-0.15, -0.1) is 11.3 Å². The fourth-order valence-corrected chi connectivity index (χ4v) is 6.10. The van der Waals surface area contributed by atoms with Crippen molar-refractivity contribution in [1.29, 1.82) is 0 Å². The van der Waals surface area contributed by atoms with Crippen LogP contribution in [0.15, 0.2) is 24.3 Å². The van der Waals surface area contributed by atoms with Crippen LogP contribution in [-0.4, -0.2) is 25.5 Å². The summed E-state index contributed by atoms with van der Waals surface area (Å²) in [6.07, 6.45) is 5.57. The molecule has 0 aliphatic heterocycles. The minimum Gasteiger partial charge on any atom is -0.309 e. The monoisotopic (exact) mass is 313 g/mol. The zero-order valence-electron chi connectivity index (χ0n) is 14.0.